The molecule has 33 heavy (non-hydrogen) atoms. The Balaban J connectivity index is 1.84. The van der Waals surface area contributed by atoms with Gasteiger partial charge in [-0.15, -0.1) is 0 Å². The van der Waals surface area contributed by atoms with E-state index in [2.05, 4.69) is 71.8 Å². The van der Waals surface area contributed by atoms with Crippen LogP contribution in [-0.4, -0.2) is 47.5 Å². The molecule has 2 heterocycles. The van der Waals surface area contributed by atoms with Gasteiger partial charge in [-0.05, 0) is 80.3 Å². The van der Waals surface area contributed by atoms with Crippen LogP contribution in [0.4, 0.5) is 5.82 Å². The van der Waals surface area contributed by atoms with Gasteiger partial charge in [0.2, 0.25) is 0 Å². The lowest BCUT2D eigenvalue weighted by Gasteiger charge is -2.49. The summed E-state index contributed by atoms with van der Waals surface area (Å²) < 4.78 is 9.97. The highest BCUT2D eigenvalue weighted by atomic mass is 127. The second-order valence-electron chi connectivity index (χ2n) is 9.71. The molecule has 0 bridgehead atoms. The van der Waals surface area contributed by atoms with E-state index in [1.165, 1.54) is 0 Å². The fourth-order valence-corrected chi connectivity index (χ4v) is 5.37. The van der Waals surface area contributed by atoms with Crippen LogP contribution >= 0.6 is 28.4 Å². The van der Waals surface area contributed by atoms with Crippen LogP contribution in [0.15, 0.2) is 41.6 Å². The van der Waals surface area contributed by atoms with E-state index in [0.717, 1.165) is 46.8 Å². The number of nitrogens with one attached hydrogen (secondary N) is 1. The lowest BCUT2D eigenvalue weighted by atomic mass is 9.79. The van der Waals surface area contributed by atoms with Crippen LogP contribution in [-0.2, 0) is 0 Å². The molecule has 9 heteroatoms. The van der Waals surface area contributed by atoms with Crippen molar-refractivity contribution in [3.63, 3.8) is 0 Å². The maximum atomic E-state index is 5.80. The van der Waals surface area contributed by atoms with E-state index < -0.39 is 0 Å². The molecule has 1 unspecified atom stereocenters. The number of benzene rings is 1. The Hall–Kier alpha value is -1.77. The lowest BCUT2D eigenvalue weighted by molar-refractivity contribution is 0.160. The van der Waals surface area contributed by atoms with Crippen LogP contribution in [0.3, 0.4) is 0 Å². The molecular formula is C24H34IN6OP. The number of methoxy groups -OCH3 is 1. The molecule has 2 aromatic rings. The van der Waals surface area contributed by atoms with E-state index in [4.69, 9.17) is 20.4 Å². The number of piperidine rings is 1. The van der Waals surface area contributed by atoms with Crippen LogP contribution in [0.5, 0.6) is 5.75 Å². The fourth-order valence-electron chi connectivity index (χ4n) is 4.76. The largest absolute Gasteiger partial charge is 0.496 e. The Morgan fingerprint density at radius 3 is 2.48 bits per heavy atom. The first-order valence-electron chi connectivity index (χ1n) is 10.9. The summed E-state index contributed by atoms with van der Waals surface area (Å²) in [6.07, 6.45) is 9.55. The molecule has 0 radical (unpaired) electrons. The van der Waals surface area contributed by atoms with Gasteiger partial charge in [-0.25, -0.2) is 4.98 Å². The predicted molar refractivity (Wildman–Crippen MR) is 150 cm³/mol. The van der Waals surface area contributed by atoms with Gasteiger partial charge in [-0.2, -0.15) is 0 Å². The maximum Gasteiger partial charge on any atom is 0.147 e. The molecule has 1 atom stereocenters. The van der Waals surface area contributed by atoms with Crippen molar-refractivity contribution in [3.05, 3.63) is 42.4 Å². The van der Waals surface area contributed by atoms with Crippen molar-refractivity contribution in [2.75, 3.05) is 19.1 Å². The predicted octanol–water partition coefficient (Wildman–Crippen LogP) is 5.21. The number of hydrogen-bond donors (Lipinski definition) is 2. The van der Waals surface area contributed by atoms with Gasteiger partial charge in [-0.1, -0.05) is 6.07 Å². The number of nitrogens with two attached hydrogens (primary N) is 1. The minimum absolute atomic E-state index is 0.0713. The van der Waals surface area contributed by atoms with Gasteiger partial charge in [0.1, 0.15) is 11.6 Å². The quantitative estimate of drug-likeness (QED) is 0.266. The van der Waals surface area contributed by atoms with Gasteiger partial charge < -0.3 is 20.7 Å². The molecular weight excluding hydrogens is 546 g/mol. The van der Waals surface area contributed by atoms with Gasteiger partial charge >= 0.3 is 0 Å². The van der Waals surface area contributed by atoms with Crippen LogP contribution in [0.1, 0.15) is 46.1 Å². The van der Waals surface area contributed by atoms with E-state index in [0.29, 0.717) is 12.4 Å². The Labute approximate surface area is 212 Å². The third-order valence-corrected chi connectivity index (χ3v) is 7.02. The summed E-state index contributed by atoms with van der Waals surface area (Å²) in [6, 6.07) is 6.33. The number of allylic oxidation sites excluding steroid dienone is 1. The van der Waals surface area contributed by atoms with E-state index in [-0.39, 0.29) is 11.1 Å². The summed E-state index contributed by atoms with van der Waals surface area (Å²) in [7, 11) is 3.77. The molecule has 1 aromatic heterocycles. The van der Waals surface area contributed by atoms with Crippen molar-refractivity contribution in [1.29, 1.82) is 0 Å². The zero-order valence-corrected chi connectivity index (χ0v) is 23.3. The average molecular weight is 580 g/mol. The highest BCUT2D eigenvalue weighted by molar-refractivity contribution is 14.2. The molecule has 1 fully saturated rings. The van der Waals surface area contributed by atoms with Crippen molar-refractivity contribution in [2.24, 2.45) is 10.5 Å². The highest BCUT2D eigenvalue weighted by Crippen LogP contribution is 2.34. The van der Waals surface area contributed by atoms with Gasteiger partial charge in [0.15, 0.2) is 0 Å². The smallest absolute Gasteiger partial charge is 0.147 e. The number of hydrogen-bond acceptors (Lipinski definition) is 7. The minimum atomic E-state index is 0.0713. The van der Waals surface area contributed by atoms with Gasteiger partial charge in [0.25, 0.3) is 0 Å². The lowest BCUT2D eigenvalue weighted by Crippen LogP contribution is -2.62. The van der Waals surface area contributed by atoms with E-state index in [1.807, 2.05) is 30.6 Å². The Kier molecular flexibility index (Phi) is 8.35. The number of rotatable bonds is 7. The average Bonchev–Trinajstić information content (AvgIpc) is 2.77. The molecule has 1 aliphatic rings. The van der Waals surface area contributed by atoms with E-state index in [1.54, 1.807) is 19.5 Å². The summed E-state index contributed by atoms with van der Waals surface area (Å²) in [6.45, 7) is 9.05. The van der Waals surface area contributed by atoms with E-state index >= 15 is 0 Å². The number of aromatic nitrogens is 2. The SMILES string of the molecule is COc1cc(C(C=NPI)=CN)ccc1-c1cnc(N(C)C2CC(C)(C)NC(C)(C)C2)cn1. The molecule has 0 amide bonds. The van der Waals surface area contributed by atoms with Crippen molar-refractivity contribution in [2.45, 2.75) is 57.7 Å². The topological polar surface area (TPSA) is 88.7 Å². The minimum Gasteiger partial charge on any atom is -0.496 e. The second kappa shape index (κ2) is 10.7. The summed E-state index contributed by atoms with van der Waals surface area (Å²) in [4.78, 5) is 11.7. The third kappa shape index (κ3) is 6.43. The normalized spacial score (nSPS) is 18.8. The Morgan fingerprint density at radius 1 is 1.24 bits per heavy atom. The molecule has 3 N–H and O–H groups in total. The summed E-state index contributed by atoms with van der Waals surface area (Å²) >= 11 is 2.22. The van der Waals surface area contributed by atoms with Crippen molar-refractivity contribution >= 4 is 46.0 Å². The van der Waals surface area contributed by atoms with Gasteiger partial charge in [-0.3, -0.25) is 9.75 Å². The van der Waals surface area contributed by atoms with Crippen LogP contribution in [0, 0.1) is 0 Å². The van der Waals surface area contributed by atoms with Gasteiger partial charge in [0.05, 0.1) is 31.6 Å². The molecule has 0 spiro atoms. The first-order valence-corrected chi connectivity index (χ1v) is 15.0. The van der Waals surface area contributed by atoms with Crippen LogP contribution in [0.25, 0.3) is 16.8 Å². The Bertz CT molecular complexity index is 1010. The molecule has 0 saturated carbocycles. The number of ether oxygens (including phenoxy) is 1. The highest BCUT2D eigenvalue weighted by Gasteiger charge is 2.39. The van der Waals surface area contributed by atoms with Crippen LogP contribution in [0.2, 0.25) is 0 Å². The maximum absolute atomic E-state index is 5.80. The molecule has 1 aromatic carbocycles. The summed E-state index contributed by atoms with van der Waals surface area (Å²) in [5.41, 5.74) is 9.38. The number of anilines is 1. The zero-order chi connectivity index (χ0) is 24.2. The van der Waals surface area contributed by atoms with Crippen LogP contribution < -0.4 is 20.7 Å². The standard InChI is InChI=1S/C24H34IN6OP/c1-23(2)10-18(11-24(3,4)30-23)31(5)22-15-27-20(14-28-22)19-8-7-16(9-21(19)32-6)17(12-26)13-29-33-25/h7-9,12-15,18,30,33H,10-11,26H2,1-6H3. The number of halogens is 1. The third-order valence-electron chi connectivity index (χ3n) is 5.96. The van der Waals surface area contributed by atoms with Crippen molar-refractivity contribution < 1.29 is 4.74 Å². The Morgan fingerprint density at radius 2 is 1.94 bits per heavy atom. The van der Waals surface area contributed by atoms with Gasteiger partial charge in [0, 0.05) is 47.7 Å². The first kappa shape index (κ1) is 25.8. The van der Waals surface area contributed by atoms with Crippen molar-refractivity contribution in [3.8, 4) is 17.0 Å². The molecule has 3 rings (SSSR count). The fraction of sp³-hybridized carbons (Fsp3) is 0.458. The summed E-state index contributed by atoms with van der Waals surface area (Å²) in [5, 5.41) is 3.74. The molecule has 178 valence electrons. The molecule has 1 saturated heterocycles. The number of nitrogens with zero attached hydrogens (tertiary/aromatic N) is 4. The first-order chi connectivity index (χ1) is 15.6. The van der Waals surface area contributed by atoms with Crippen molar-refractivity contribution in [1.82, 2.24) is 15.3 Å². The molecule has 1 aliphatic heterocycles. The zero-order valence-electron chi connectivity index (χ0n) is 20.2. The molecule has 0 aliphatic carbocycles. The van der Waals surface area contributed by atoms with E-state index in [9.17, 15) is 0 Å². The molecule has 7 nitrogen and oxygen atoms in total. The summed E-state index contributed by atoms with van der Waals surface area (Å²) in [5.74, 6) is 1.59. The second-order valence-corrected chi connectivity index (χ2v) is 11.6. The monoisotopic (exact) mass is 580 g/mol.